The van der Waals surface area contributed by atoms with Crippen LogP contribution in [0.5, 0.6) is 0 Å². The summed E-state index contributed by atoms with van der Waals surface area (Å²) in [5.74, 6) is -0.136. The first kappa shape index (κ1) is 10.2. The zero-order chi connectivity index (χ0) is 10.8. The first-order valence-electron chi connectivity index (χ1n) is 4.98. The number of hydrogen-bond donors (Lipinski definition) is 3. The Morgan fingerprint density at radius 3 is 3.00 bits per heavy atom. The largest absolute Gasteiger partial charge is 0.390 e. The summed E-state index contributed by atoms with van der Waals surface area (Å²) in [6.45, 7) is 1.17. The first-order chi connectivity index (χ1) is 7.16. The number of aliphatic hydroxyl groups excluding tert-OH is 1. The van der Waals surface area contributed by atoms with E-state index in [4.69, 9.17) is 0 Å². The van der Waals surface area contributed by atoms with Gasteiger partial charge in [0.05, 0.1) is 17.7 Å². The summed E-state index contributed by atoms with van der Waals surface area (Å²) in [5, 5.41) is 15.3. The summed E-state index contributed by atoms with van der Waals surface area (Å²) in [4.78, 5) is 11.7. The van der Waals surface area contributed by atoms with E-state index in [-0.39, 0.29) is 11.9 Å². The van der Waals surface area contributed by atoms with Crippen LogP contribution >= 0.6 is 0 Å². The summed E-state index contributed by atoms with van der Waals surface area (Å²) < 4.78 is 1.82. The lowest BCUT2D eigenvalue weighted by atomic mass is 10.2. The number of carbonyl (C=O) groups excluding carboxylic acids is 1. The summed E-state index contributed by atoms with van der Waals surface area (Å²) in [7, 11) is 1.86. The van der Waals surface area contributed by atoms with E-state index in [1.165, 1.54) is 0 Å². The van der Waals surface area contributed by atoms with Gasteiger partial charge >= 0.3 is 0 Å². The Hall–Kier alpha value is -1.33. The van der Waals surface area contributed by atoms with Crippen molar-refractivity contribution < 1.29 is 9.90 Å². The molecule has 2 unspecified atom stereocenters. The number of aromatic nitrogens is 1. The standard InChI is InChI=1S/C10H15N3O2/c1-13-3-2-7(6-13)10(15)12-8-4-11-5-9(8)14/h2-3,6,8-9,11,14H,4-5H2,1H3,(H,12,15). The lowest BCUT2D eigenvalue weighted by Gasteiger charge is -2.14. The smallest absolute Gasteiger partial charge is 0.253 e. The third-order valence-corrected chi connectivity index (χ3v) is 2.59. The number of hydrogen-bond acceptors (Lipinski definition) is 3. The second-order valence-corrected chi connectivity index (χ2v) is 3.87. The van der Waals surface area contributed by atoms with Gasteiger partial charge in [0.2, 0.25) is 0 Å². The van der Waals surface area contributed by atoms with Gasteiger partial charge in [-0.1, -0.05) is 0 Å². The molecule has 2 atom stereocenters. The normalized spacial score (nSPS) is 25.5. The van der Waals surface area contributed by atoms with Crippen LogP contribution < -0.4 is 10.6 Å². The van der Waals surface area contributed by atoms with Crippen molar-refractivity contribution >= 4 is 5.91 Å². The molecule has 1 aliphatic heterocycles. The average Bonchev–Trinajstić information content (AvgIpc) is 2.77. The number of aryl methyl sites for hydroxylation is 1. The van der Waals surface area contributed by atoms with E-state index >= 15 is 0 Å². The van der Waals surface area contributed by atoms with E-state index in [9.17, 15) is 9.90 Å². The minimum absolute atomic E-state index is 0.136. The van der Waals surface area contributed by atoms with Gasteiger partial charge in [0.25, 0.3) is 5.91 Å². The second-order valence-electron chi connectivity index (χ2n) is 3.87. The van der Waals surface area contributed by atoms with Crippen molar-refractivity contribution in [2.24, 2.45) is 7.05 Å². The van der Waals surface area contributed by atoms with Crippen molar-refractivity contribution in [2.45, 2.75) is 12.1 Å². The van der Waals surface area contributed by atoms with Crippen molar-refractivity contribution in [3.63, 3.8) is 0 Å². The van der Waals surface area contributed by atoms with Gasteiger partial charge in [-0.05, 0) is 6.07 Å². The van der Waals surface area contributed by atoms with Crippen molar-refractivity contribution in [1.82, 2.24) is 15.2 Å². The van der Waals surface area contributed by atoms with Gasteiger partial charge in [-0.15, -0.1) is 0 Å². The molecule has 1 fully saturated rings. The highest BCUT2D eigenvalue weighted by molar-refractivity contribution is 5.94. The maximum Gasteiger partial charge on any atom is 0.253 e. The second kappa shape index (κ2) is 4.04. The van der Waals surface area contributed by atoms with E-state index in [1.807, 2.05) is 17.8 Å². The van der Waals surface area contributed by atoms with E-state index in [0.29, 0.717) is 18.7 Å². The summed E-state index contributed by atoms with van der Waals surface area (Å²) in [6.07, 6.45) is 3.08. The molecule has 5 heteroatoms. The quantitative estimate of drug-likeness (QED) is 0.590. The van der Waals surface area contributed by atoms with Gasteiger partial charge in [0, 0.05) is 32.5 Å². The zero-order valence-corrected chi connectivity index (χ0v) is 8.60. The Bertz CT molecular complexity index is 361. The molecule has 3 N–H and O–H groups in total. The lowest BCUT2D eigenvalue weighted by molar-refractivity contribution is 0.0888. The number of aliphatic hydroxyl groups is 1. The lowest BCUT2D eigenvalue weighted by Crippen LogP contribution is -2.42. The Labute approximate surface area is 88.1 Å². The van der Waals surface area contributed by atoms with E-state index in [0.717, 1.165) is 0 Å². The van der Waals surface area contributed by atoms with Crippen LogP contribution in [0, 0.1) is 0 Å². The molecule has 1 aromatic heterocycles. The molecule has 5 nitrogen and oxygen atoms in total. The Kier molecular flexibility index (Phi) is 2.75. The monoisotopic (exact) mass is 209 g/mol. The SMILES string of the molecule is Cn1ccc(C(=O)NC2CNCC2O)c1. The van der Waals surface area contributed by atoms with Crippen LogP contribution in [0.3, 0.4) is 0 Å². The number of nitrogens with zero attached hydrogens (tertiary/aromatic N) is 1. The van der Waals surface area contributed by atoms with Crippen LogP contribution in [-0.2, 0) is 7.05 Å². The molecule has 0 bridgehead atoms. The fraction of sp³-hybridized carbons (Fsp3) is 0.500. The van der Waals surface area contributed by atoms with Gasteiger partial charge < -0.3 is 20.3 Å². The fourth-order valence-corrected chi connectivity index (χ4v) is 1.70. The molecular weight excluding hydrogens is 194 g/mol. The number of carbonyl (C=O) groups is 1. The fourth-order valence-electron chi connectivity index (χ4n) is 1.70. The summed E-state index contributed by atoms with van der Waals surface area (Å²) in [6, 6.07) is 1.57. The maximum absolute atomic E-state index is 11.7. The first-order valence-corrected chi connectivity index (χ1v) is 4.98. The molecule has 2 heterocycles. The van der Waals surface area contributed by atoms with Crippen LogP contribution in [0.1, 0.15) is 10.4 Å². The van der Waals surface area contributed by atoms with Crippen molar-refractivity contribution in [3.8, 4) is 0 Å². The van der Waals surface area contributed by atoms with Crippen LogP contribution in [0.2, 0.25) is 0 Å². The average molecular weight is 209 g/mol. The third-order valence-electron chi connectivity index (χ3n) is 2.59. The summed E-state index contributed by atoms with van der Waals surface area (Å²) >= 11 is 0. The van der Waals surface area contributed by atoms with Gasteiger partial charge in [0.1, 0.15) is 0 Å². The summed E-state index contributed by atoms with van der Waals surface area (Å²) in [5.41, 5.74) is 0.622. The van der Waals surface area contributed by atoms with Crippen molar-refractivity contribution in [1.29, 1.82) is 0 Å². The molecule has 0 radical (unpaired) electrons. The topological polar surface area (TPSA) is 66.3 Å². The van der Waals surface area contributed by atoms with Crippen LogP contribution in [0.4, 0.5) is 0 Å². The number of rotatable bonds is 2. The number of amides is 1. The molecule has 1 aliphatic rings. The Morgan fingerprint density at radius 2 is 2.47 bits per heavy atom. The molecule has 0 spiro atoms. The number of nitrogens with one attached hydrogen (secondary N) is 2. The van der Waals surface area contributed by atoms with Crippen molar-refractivity contribution in [2.75, 3.05) is 13.1 Å². The minimum atomic E-state index is -0.488. The minimum Gasteiger partial charge on any atom is -0.390 e. The Morgan fingerprint density at radius 1 is 1.67 bits per heavy atom. The molecule has 0 aromatic carbocycles. The predicted molar refractivity (Wildman–Crippen MR) is 55.5 cm³/mol. The molecular formula is C10H15N3O2. The van der Waals surface area contributed by atoms with Crippen molar-refractivity contribution in [3.05, 3.63) is 24.0 Å². The maximum atomic E-state index is 11.7. The van der Waals surface area contributed by atoms with Crippen LogP contribution in [0.15, 0.2) is 18.5 Å². The molecule has 15 heavy (non-hydrogen) atoms. The van der Waals surface area contributed by atoms with Gasteiger partial charge in [-0.25, -0.2) is 0 Å². The van der Waals surface area contributed by atoms with Gasteiger partial charge in [-0.2, -0.15) is 0 Å². The Balaban J connectivity index is 1.97. The number of β-amino-alcohol motifs (C(OH)–C–C–N with tert-alkyl or cyclic N) is 1. The highest BCUT2D eigenvalue weighted by Crippen LogP contribution is 2.03. The highest BCUT2D eigenvalue weighted by Gasteiger charge is 2.26. The van der Waals surface area contributed by atoms with Gasteiger partial charge in [-0.3, -0.25) is 4.79 Å². The van der Waals surface area contributed by atoms with Crippen LogP contribution in [0.25, 0.3) is 0 Å². The van der Waals surface area contributed by atoms with Gasteiger partial charge in [0.15, 0.2) is 0 Å². The predicted octanol–water partition coefficient (Wildman–Crippen LogP) is -0.912. The third kappa shape index (κ3) is 2.19. The highest BCUT2D eigenvalue weighted by atomic mass is 16.3. The van der Waals surface area contributed by atoms with E-state index in [2.05, 4.69) is 10.6 Å². The molecule has 1 amide bonds. The molecule has 1 aromatic rings. The van der Waals surface area contributed by atoms with Crippen LogP contribution in [-0.4, -0.2) is 40.8 Å². The molecule has 2 rings (SSSR count). The molecule has 1 saturated heterocycles. The molecule has 82 valence electrons. The van der Waals surface area contributed by atoms with E-state index < -0.39 is 6.10 Å². The molecule has 0 saturated carbocycles. The van der Waals surface area contributed by atoms with E-state index in [1.54, 1.807) is 12.3 Å². The zero-order valence-electron chi connectivity index (χ0n) is 8.60. The molecule has 0 aliphatic carbocycles.